The molecular formula is C29H24N2O3. The summed E-state index contributed by atoms with van der Waals surface area (Å²) in [5.74, 6) is 0.123. The maximum absolute atomic E-state index is 13.4. The molecule has 0 saturated carbocycles. The molecule has 5 nitrogen and oxygen atoms in total. The molecule has 2 aliphatic rings. The van der Waals surface area contributed by atoms with Crippen molar-refractivity contribution in [3.05, 3.63) is 130 Å². The quantitative estimate of drug-likeness (QED) is 0.280. The standard InChI is InChI=1S/C29H24N2O3/c1-20(32)34-25-14-12-23(13-15-25)27-19-31-28(26(30-27)17-22-10-6-3-7-11-22)18-24(29(31)33)16-21-8-4-2-5-9-21/h2-15,18-19,30H,16-17H2,1H3. The third kappa shape index (κ3) is 4.55. The molecule has 0 fully saturated rings. The number of aromatic amines is 1. The molecule has 168 valence electrons. The van der Waals surface area contributed by atoms with Crippen LogP contribution in [-0.4, -0.2) is 15.5 Å². The predicted molar refractivity (Wildman–Crippen MR) is 133 cm³/mol. The van der Waals surface area contributed by atoms with Crippen LogP contribution in [0.2, 0.25) is 0 Å². The molecule has 0 unspecified atom stereocenters. The molecule has 0 bridgehead atoms. The minimum Gasteiger partial charge on any atom is -0.427 e. The minimum atomic E-state index is -0.361. The van der Waals surface area contributed by atoms with E-state index in [0.29, 0.717) is 18.6 Å². The number of hydrogen-bond acceptors (Lipinski definition) is 3. The van der Waals surface area contributed by atoms with Crippen molar-refractivity contribution in [2.45, 2.75) is 19.8 Å². The van der Waals surface area contributed by atoms with Crippen molar-refractivity contribution in [1.82, 2.24) is 9.55 Å². The summed E-state index contributed by atoms with van der Waals surface area (Å²) in [5.41, 5.74) is 6.55. The van der Waals surface area contributed by atoms with Crippen LogP contribution in [0.4, 0.5) is 0 Å². The van der Waals surface area contributed by atoms with Gasteiger partial charge in [0.1, 0.15) is 5.75 Å². The second kappa shape index (κ2) is 9.24. The lowest BCUT2D eigenvalue weighted by Crippen LogP contribution is -2.17. The van der Waals surface area contributed by atoms with Gasteiger partial charge in [0, 0.05) is 37.2 Å². The van der Waals surface area contributed by atoms with E-state index < -0.39 is 0 Å². The zero-order chi connectivity index (χ0) is 23.5. The second-order valence-electron chi connectivity index (χ2n) is 8.32. The third-order valence-electron chi connectivity index (χ3n) is 5.80. The molecule has 0 amide bonds. The van der Waals surface area contributed by atoms with Gasteiger partial charge in [0.15, 0.2) is 0 Å². The molecule has 0 spiro atoms. The smallest absolute Gasteiger partial charge is 0.308 e. The highest BCUT2D eigenvalue weighted by atomic mass is 16.5. The molecule has 2 aliphatic heterocycles. The number of carbonyl (C=O) groups is 1. The highest BCUT2D eigenvalue weighted by Gasteiger charge is 2.18. The fraction of sp³-hybridized carbons (Fsp3) is 0.103. The van der Waals surface area contributed by atoms with Crippen LogP contribution < -0.4 is 10.3 Å². The summed E-state index contributed by atoms with van der Waals surface area (Å²) < 4.78 is 6.89. The van der Waals surface area contributed by atoms with Gasteiger partial charge < -0.3 is 9.72 Å². The van der Waals surface area contributed by atoms with Crippen molar-refractivity contribution in [3.63, 3.8) is 0 Å². The Balaban J connectivity index is 1.60. The zero-order valence-corrected chi connectivity index (χ0v) is 18.8. The fourth-order valence-corrected chi connectivity index (χ4v) is 4.20. The van der Waals surface area contributed by atoms with Crippen molar-refractivity contribution in [2.24, 2.45) is 0 Å². The average molecular weight is 449 g/mol. The Bertz CT molecular complexity index is 1450. The van der Waals surface area contributed by atoms with E-state index in [1.165, 1.54) is 6.92 Å². The Labute approximate surface area is 197 Å². The van der Waals surface area contributed by atoms with E-state index in [4.69, 9.17) is 4.74 Å². The SMILES string of the molecule is CC(=O)Oc1ccc(-c2cn3c(=O)c(Cc4ccccc4)cc-3c(Cc3ccccc3)[nH]2)cc1. The third-order valence-corrected chi connectivity index (χ3v) is 5.80. The number of ether oxygens (including phenoxy) is 1. The summed E-state index contributed by atoms with van der Waals surface area (Å²) in [5, 5.41) is 0. The minimum absolute atomic E-state index is 0.0139. The topological polar surface area (TPSA) is 64.1 Å². The Morgan fingerprint density at radius 3 is 2.09 bits per heavy atom. The summed E-state index contributed by atoms with van der Waals surface area (Å²) in [6.45, 7) is 1.38. The van der Waals surface area contributed by atoms with Crippen LogP contribution in [0.15, 0.2) is 102 Å². The van der Waals surface area contributed by atoms with E-state index in [1.54, 1.807) is 16.7 Å². The summed E-state index contributed by atoms with van der Waals surface area (Å²) in [7, 11) is 0. The number of nitrogens with one attached hydrogen (secondary N) is 1. The highest BCUT2D eigenvalue weighted by Crippen LogP contribution is 2.27. The number of H-pyrrole nitrogens is 1. The van der Waals surface area contributed by atoms with Crippen molar-refractivity contribution >= 4 is 5.97 Å². The molecule has 5 heteroatoms. The lowest BCUT2D eigenvalue weighted by Gasteiger charge is -2.15. The van der Waals surface area contributed by atoms with Crippen molar-refractivity contribution in [3.8, 4) is 22.7 Å². The molecule has 0 aromatic heterocycles. The second-order valence-corrected chi connectivity index (χ2v) is 8.32. The Morgan fingerprint density at radius 1 is 0.853 bits per heavy atom. The van der Waals surface area contributed by atoms with Gasteiger partial charge in [-0.05, 0) is 47.0 Å². The number of benzene rings is 3. The maximum atomic E-state index is 13.4. The lowest BCUT2D eigenvalue weighted by molar-refractivity contribution is -0.131. The van der Waals surface area contributed by atoms with E-state index in [2.05, 4.69) is 17.1 Å². The molecule has 0 saturated heterocycles. The number of nitrogens with zero attached hydrogens (tertiary/aromatic N) is 1. The van der Waals surface area contributed by atoms with Gasteiger partial charge in [-0.1, -0.05) is 60.7 Å². The van der Waals surface area contributed by atoms with Crippen LogP contribution in [0.25, 0.3) is 16.9 Å². The highest BCUT2D eigenvalue weighted by molar-refractivity contribution is 5.70. The van der Waals surface area contributed by atoms with Crippen LogP contribution in [0.1, 0.15) is 29.3 Å². The molecule has 0 atom stereocenters. The monoisotopic (exact) mass is 448 g/mol. The van der Waals surface area contributed by atoms with Gasteiger partial charge in [-0.2, -0.15) is 0 Å². The molecule has 0 aliphatic carbocycles. The van der Waals surface area contributed by atoms with Gasteiger partial charge in [0.2, 0.25) is 0 Å². The number of hydrogen-bond donors (Lipinski definition) is 1. The fourth-order valence-electron chi connectivity index (χ4n) is 4.20. The molecule has 3 aromatic carbocycles. The molecule has 0 radical (unpaired) electrons. The van der Waals surface area contributed by atoms with Crippen LogP contribution in [0.5, 0.6) is 5.75 Å². The molecule has 2 heterocycles. The Morgan fingerprint density at radius 2 is 1.47 bits per heavy atom. The lowest BCUT2D eigenvalue weighted by atomic mass is 10.1. The molecular weight excluding hydrogens is 424 g/mol. The van der Waals surface area contributed by atoms with E-state index in [0.717, 1.165) is 39.3 Å². The van der Waals surface area contributed by atoms with Gasteiger partial charge in [-0.25, -0.2) is 0 Å². The zero-order valence-electron chi connectivity index (χ0n) is 18.8. The summed E-state index contributed by atoms with van der Waals surface area (Å²) in [6, 6.07) is 29.5. The summed E-state index contributed by atoms with van der Waals surface area (Å²) in [6.07, 6.45) is 3.10. The molecule has 3 aromatic rings. The van der Waals surface area contributed by atoms with E-state index in [1.807, 2.05) is 72.9 Å². The first-order chi connectivity index (χ1) is 16.6. The average Bonchev–Trinajstić information content (AvgIpc) is 3.16. The first kappa shape index (κ1) is 21.5. The van der Waals surface area contributed by atoms with E-state index >= 15 is 0 Å². The number of fused-ring (bicyclic) bond motifs is 1. The van der Waals surface area contributed by atoms with Crippen LogP contribution in [0.3, 0.4) is 0 Å². The van der Waals surface area contributed by atoms with Gasteiger partial charge >= 0.3 is 5.97 Å². The number of esters is 1. The van der Waals surface area contributed by atoms with Crippen molar-refractivity contribution in [2.75, 3.05) is 0 Å². The number of aromatic nitrogens is 2. The predicted octanol–water partition coefficient (Wildman–Crippen LogP) is 5.38. The Hall–Kier alpha value is -4.38. The van der Waals surface area contributed by atoms with Gasteiger partial charge in [-0.3, -0.25) is 14.2 Å². The van der Waals surface area contributed by atoms with Gasteiger partial charge in [-0.15, -0.1) is 0 Å². The normalized spacial score (nSPS) is 11.0. The van der Waals surface area contributed by atoms with Crippen molar-refractivity contribution in [1.29, 1.82) is 0 Å². The van der Waals surface area contributed by atoms with Crippen LogP contribution >= 0.6 is 0 Å². The van der Waals surface area contributed by atoms with E-state index in [-0.39, 0.29) is 11.5 Å². The first-order valence-electron chi connectivity index (χ1n) is 11.2. The van der Waals surface area contributed by atoms with Gasteiger partial charge in [0.05, 0.1) is 11.4 Å². The number of rotatable bonds is 6. The van der Waals surface area contributed by atoms with Gasteiger partial charge in [0.25, 0.3) is 5.56 Å². The largest absolute Gasteiger partial charge is 0.427 e. The summed E-state index contributed by atoms with van der Waals surface area (Å²) >= 11 is 0. The summed E-state index contributed by atoms with van der Waals surface area (Å²) in [4.78, 5) is 28.2. The molecule has 1 N–H and O–H groups in total. The Kier molecular flexibility index (Phi) is 5.83. The molecule has 5 rings (SSSR count). The first-order valence-corrected chi connectivity index (χ1v) is 11.2. The maximum Gasteiger partial charge on any atom is 0.308 e. The molecule has 34 heavy (non-hydrogen) atoms. The van der Waals surface area contributed by atoms with Crippen LogP contribution in [-0.2, 0) is 17.6 Å². The number of carbonyl (C=O) groups excluding carboxylic acids is 1. The van der Waals surface area contributed by atoms with E-state index in [9.17, 15) is 9.59 Å². The van der Waals surface area contributed by atoms with Crippen molar-refractivity contribution < 1.29 is 9.53 Å². The van der Waals surface area contributed by atoms with Crippen LogP contribution in [0, 0.1) is 0 Å².